The van der Waals surface area contributed by atoms with Crippen LogP contribution in [-0.4, -0.2) is 59.2 Å². The van der Waals surface area contributed by atoms with Gasteiger partial charge in [-0.2, -0.15) is 16.8 Å². The van der Waals surface area contributed by atoms with E-state index in [1.807, 2.05) is 11.0 Å². The van der Waals surface area contributed by atoms with E-state index in [1.165, 1.54) is 0 Å². The van der Waals surface area contributed by atoms with Crippen LogP contribution in [0.3, 0.4) is 0 Å². The highest BCUT2D eigenvalue weighted by molar-refractivity contribution is 8.00. The SMILES string of the molecule is C=c1cccc2c1=NC(CSC1CCN(C(=O)[C@@H](N)CCCCN)CC1)=NC2=O. The van der Waals surface area contributed by atoms with Crippen molar-refractivity contribution in [1.82, 2.24) is 4.90 Å². The summed E-state index contributed by atoms with van der Waals surface area (Å²) in [4.78, 5) is 35.2. The quantitative estimate of drug-likeness (QED) is 0.598. The molecular weight excluding hydrogens is 386 g/mol. The molecule has 3 rings (SSSR count). The van der Waals surface area contributed by atoms with Crippen molar-refractivity contribution in [3.63, 3.8) is 0 Å². The van der Waals surface area contributed by atoms with Gasteiger partial charge in [0.1, 0.15) is 5.84 Å². The molecular formula is C21H29N5O2S. The summed E-state index contributed by atoms with van der Waals surface area (Å²) in [5, 5.41) is 1.78. The number of thioether (sulfide) groups is 1. The van der Waals surface area contributed by atoms with Crippen LogP contribution < -0.4 is 22.0 Å². The van der Waals surface area contributed by atoms with Gasteiger partial charge in [0.25, 0.3) is 5.91 Å². The average molecular weight is 416 g/mol. The number of hydrogen-bond donors (Lipinski definition) is 2. The van der Waals surface area contributed by atoms with Crippen molar-refractivity contribution < 1.29 is 9.59 Å². The third kappa shape index (κ3) is 5.52. The van der Waals surface area contributed by atoms with Crippen LogP contribution >= 0.6 is 11.8 Å². The Bertz CT molecular complexity index is 893. The monoisotopic (exact) mass is 415 g/mol. The summed E-state index contributed by atoms with van der Waals surface area (Å²) in [5.74, 6) is 0.919. The largest absolute Gasteiger partial charge is 0.341 e. The van der Waals surface area contributed by atoms with Crippen molar-refractivity contribution in [3.05, 3.63) is 34.3 Å². The number of amides is 2. The van der Waals surface area contributed by atoms with E-state index in [4.69, 9.17) is 11.5 Å². The number of para-hydroxylation sites is 1. The van der Waals surface area contributed by atoms with Crippen molar-refractivity contribution in [2.75, 3.05) is 25.4 Å². The highest BCUT2D eigenvalue weighted by Crippen LogP contribution is 2.24. The van der Waals surface area contributed by atoms with Gasteiger partial charge in [-0.25, -0.2) is 4.99 Å². The lowest BCUT2D eigenvalue weighted by atomic mass is 10.1. The molecule has 0 radical (unpaired) electrons. The number of fused-ring (bicyclic) bond motifs is 1. The summed E-state index contributed by atoms with van der Waals surface area (Å²) >= 11 is 1.75. The van der Waals surface area contributed by atoms with Gasteiger partial charge < -0.3 is 16.4 Å². The van der Waals surface area contributed by atoms with Crippen molar-refractivity contribution in [2.24, 2.45) is 21.5 Å². The lowest BCUT2D eigenvalue weighted by Crippen LogP contribution is -2.47. The Labute approximate surface area is 175 Å². The molecule has 2 amide bonds. The summed E-state index contributed by atoms with van der Waals surface area (Å²) in [6.45, 7) is 6.02. The maximum atomic E-state index is 12.5. The van der Waals surface area contributed by atoms with E-state index in [0.717, 1.165) is 44.0 Å². The third-order valence-corrected chi connectivity index (χ3v) is 6.68. The molecule has 1 aromatic rings. The van der Waals surface area contributed by atoms with Crippen LogP contribution in [0.25, 0.3) is 6.58 Å². The summed E-state index contributed by atoms with van der Waals surface area (Å²) in [5.41, 5.74) is 12.1. The van der Waals surface area contributed by atoms with Gasteiger partial charge in [0.05, 0.1) is 22.7 Å². The van der Waals surface area contributed by atoms with Crippen LogP contribution in [-0.2, 0) is 4.79 Å². The molecule has 156 valence electrons. The molecule has 0 bridgehead atoms. The summed E-state index contributed by atoms with van der Waals surface area (Å²) < 4.78 is 0. The number of piperidine rings is 1. The van der Waals surface area contributed by atoms with E-state index in [9.17, 15) is 9.59 Å². The molecule has 0 saturated carbocycles. The summed E-state index contributed by atoms with van der Waals surface area (Å²) in [6.07, 6.45) is 4.29. The zero-order valence-electron chi connectivity index (χ0n) is 16.7. The fraction of sp³-hybridized carbons (Fsp3) is 0.524. The first-order valence-corrected chi connectivity index (χ1v) is 11.2. The molecule has 2 aliphatic heterocycles. The molecule has 0 aliphatic carbocycles. The number of likely N-dealkylation sites (tertiary alicyclic amines) is 1. The Balaban J connectivity index is 1.48. The number of amidine groups is 1. The van der Waals surface area contributed by atoms with Gasteiger partial charge in [0, 0.05) is 18.3 Å². The second kappa shape index (κ2) is 10.1. The topological polar surface area (TPSA) is 114 Å². The number of nitrogens with zero attached hydrogens (tertiary/aromatic N) is 3. The first kappa shape index (κ1) is 21.7. The molecule has 4 N–H and O–H groups in total. The van der Waals surface area contributed by atoms with Gasteiger partial charge in [-0.3, -0.25) is 9.59 Å². The maximum Gasteiger partial charge on any atom is 0.280 e. The molecule has 1 saturated heterocycles. The minimum Gasteiger partial charge on any atom is -0.341 e. The molecule has 2 aliphatic rings. The van der Waals surface area contributed by atoms with E-state index in [2.05, 4.69) is 16.6 Å². The van der Waals surface area contributed by atoms with Crippen molar-refractivity contribution >= 4 is 36.0 Å². The summed E-state index contributed by atoms with van der Waals surface area (Å²) in [7, 11) is 0. The smallest absolute Gasteiger partial charge is 0.280 e. The van der Waals surface area contributed by atoms with Gasteiger partial charge in [-0.1, -0.05) is 25.1 Å². The number of aliphatic imine (C=N–C) groups is 1. The fourth-order valence-electron chi connectivity index (χ4n) is 3.59. The minimum atomic E-state index is -0.427. The van der Waals surface area contributed by atoms with E-state index in [-0.39, 0.29) is 11.8 Å². The number of carbonyl (C=O) groups is 2. The van der Waals surface area contributed by atoms with Crippen LogP contribution in [0.1, 0.15) is 42.5 Å². The van der Waals surface area contributed by atoms with Crippen LogP contribution in [0, 0.1) is 0 Å². The number of hydrogen-bond acceptors (Lipinski definition) is 6. The zero-order valence-corrected chi connectivity index (χ0v) is 17.5. The molecule has 29 heavy (non-hydrogen) atoms. The molecule has 1 aromatic carbocycles. The Hall–Kier alpha value is -2.03. The molecule has 1 fully saturated rings. The second-order valence-corrected chi connectivity index (χ2v) is 8.77. The maximum absolute atomic E-state index is 12.5. The second-order valence-electron chi connectivity index (χ2n) is 7.48. The van der Waals surface area contributed by atoms with Crippen LogP contribution in [0.5, 0.6) is 0 Å². The molecule has 8 heteroatoms. The van der Waals surface area contributed by atoms with Gasteiger partial charge in [0.15, 0.2) is 0 Å². The molecule has 7 nitrogen and oxygen atoms in total. The number of benzene rings is 1. The van der Waals surface area contributed by atoms with Crippen LogP contribution in [0.2, 0.25) is 0 Å². The first-order valence-electron chi connectivity index (χ1n) is 10.1. The standard InChI is InChI=1S/C21H29N5O2S/c1-14-5-4-6-16-19(14)24-18(25-20(16)27)13-29-15-8-11-26(12-9-15)21(28)17(23)7-2-3-10-22/h4-6,15,17H,1-3,7-13,22-23H2/t17-/m0/s1. The highest BCUT2D eigenvalue weighted by Gasteiger charge is 2.26. The Morgan fingerprint density at radius 2 is 2.03 bits per heavy atom. The molecule has 0 aromatic heterocycles. The van der Waals surface area contributed by atoms with E-state index < -0.39 is 6.04 Å². The zero-order chi connectivity index (χ0) is 20.8. The Kier molecular flexibility index (Phi) is 7.57. The fourth-order valence-corrected chi connectivity index (χ4v) is 4.65. The van der Waals surface area contributed by atoms with Gasteiger partial charge in [-0.05, 0) is 43.5 Å². The minimum absolute atomic E-state index is 0.0438. The molecule has 0 unspecified atom stereocenters. The van der Waals surface area contributed by atoms with E-state index in [1.54, 1.807) is 23.9 Å². The average Bonchev–Trinajstić information content (AvgIpc) is 2.73. The predicted octanol–water partition coefficient (Wildman–Crippen LogP) is 0.449. The van der Waals surface area contributed by atoms with Crippen molar-refractivity contribution in [3.8, 4) is 0 Å². The lowest BCUT2D eigenvalue weighted by Gasteiger charge is -2.33. The number of unbranched alkanes of at least 4 members (excludes halogenated alkanes) is 1. The molecule has 2 heterocycles. The predicted molar refractivity (Wildman–Crippen MR) is 117 cm³/mol. The van der Waals surface area contributed by atoms with Gasteiger partial charge >= 0.3 is 0 Å². The molecule has 1 atom stereocenters. The normalized spacial score (nSPS) is 18.1. The van der Waals surface area contributed by atoms with Gasteiger partial charge in [-0.15, -0.1) is 0 Å². The summed E-state index contributed by atoms with van der Waals surface area (Å²) in [6, 6.07) is 4.95. The van der Waals surface area contributed by atoms with Crippen molar-refractivity contribution in [2.45, 2.75) is 43.4 Å². The first-order chi connectivity index (χ1) is 14.0. The van der Waals surface area contributed by atoms with Crippen molar-refractivity contribution in [1.29, 1.82) is 0 Å². The van der Waals surface area contributed by atoms with Crippen LogP contribution in [0.4, 0.5) is 0 Å². The van der Waals surface area contributed by atoms with E-state index >= 15 is 0 Å². The number of rotatable bonds is 8. The highest BCUT2D eigenvalue weighted by atomic mass is 32.2. The molecule has 0 spiro atoms. The van der Waals surface area contributed by atoms with Gasteiger partial charge in [0.2, 0.25) is 5.91 Å². The number of nitrogens with two attached hydrogens (primary N) is 2. The lowest BCUT2D eigenvalue weighted by molar-refractivity contribution is -0.133. The van der Waals surface area contributed by atoms with E-state index in [0.29, 0.717) is 40.7 Å². The Morgan fingerprint density at radius 1 is 1.28 bits per heavy atom. The number of carbonyl (C=O) groups excluding carboxylic acids is 2. The Morgan fingerprint density at radius 3 is 2.76 bits per heavy atom. The third-order valence-electron chi connectivity index (χ3n) is 5.31. The van der Waals surface area contributed by atoms with Crippen LogP contribution in [0.15, 0.2) is 28.2 Å².